The molecule has 2 unspecified atom stereocenters. The molecule has 2 N–H and O–H groups in total. The third-order valence-corrected chi connectivity index (χ3v) is 3.46. The molecule has 2 atom stereocenters. The van der Waals surface area contributed by atoms with Gasteiger partial charge in [0.05, 0.1) is 0 Å². The lowest BCUT2D eigenvalue weighted by molar-refractivity contribution is -0.125. The predicted molar refractivity (Wildman–Crippen MR) is 67.3 cm³/mol. The summed E-state index contributed by atoms with van der Waals surface area (Å²) in [5.41, 5.74) is 0.406. The summed E-state index contributed by atoms with van der Waals surface area (Å²) in [6, 6.07) is 0.395. The first-order valence-electron chi connectivity index (χ1n) is 6.45. The van der Waals surface area contributed by atoms with E-state index in [1.165, 1.54) is 6.42 Å². The molecule has 0 spiro atoms. The fraction of sp³-hybridized carbons (Fsp3) is 0.923. The van der Waals surface area contributed by atoms with Gasteiger partial charge in [-0.05, 0) is 31.2 Å². The van der Waals surface area contributed by atoms with Gasteiger partial charge in [-0.25, -0.2) is 0 Å². The van der Waals surface area contributed by atoms with Crippen molar-refractivity contribution in [2.75, 3.05) is 13.1 Å². The number of hydrogen-bond acceptors (Lipinski definition) is 2. The fourth-order valence-corrected chi connectivity index (χ4v) is 2.36. The van der Waals surface area contributed by atoms with Gasteiger partial charge in [-0.2, -0.15) is 0 Å². The Kier molecular flexibility index (Phi) is 4.78. The third-order valence-electron chi connectivity index (χ3n) is 3.46. The maximum absolute atomic E-state index is 11.9. The average Bonchev–Trinajstić information content (AvgIpc) is 2.54. The quantitative estimate of drug-likeness (QED) is 0.752. The lowest BCUT2D eigenvalue weighted by Crippen LogP contribution is -2.40. The predicted octanol–water partition coefficient (Wildman–Crippen LogP) is 1.93. The standard InChI is InChI=1S/C13H26N2O/c1-5-14-9-10(2)12(16)15-11-6-7-13(3,4)8-11/h10-11,14H,5-9H2,1-4H3,(H,15,16). The van der Waals surface area contributed by atoms with E-state index in [0.717, 1.165) is 25.9 Å². The van der Waals surface area contributed by atoms with Crippen LogP contribution in [0.5, 0.6) is 0 Å². The highest BCUT2D eigenvalue weighted by Gasteiger charge is 2.32. The maximum atomic E-state index is 11.9. The lowest BCUT2D eigenvalue weighted by Gasteiger charge is -2.19. The molecular weight excluding hydrogens is 200 g/mol. The van der Waals surface area contributed by atoms with Crippen molar-refractivity contribution in [3.63, 3.8) is 0 Å². The Morgan fingerprint density at radius 2 is 2.19 bits per heavy atom. The molecule has 16 heavy (non-hydrogen) atoms. The van der Waals surface area contributed by atoms with Crippen molar-refractivity contribution in [1.29, 1.82) is 0 Å². The van der Waals surface area contributed by atoms with Crippen LogP contribution in [0.25, 0.3) is 0 Å². The van der Waals surface area contributed by atoms with Crippen molar-refractivity contribution in [1.82, 2.24) is 10.6 Å². The molecule has 0 saturated heterocycles. The summed E-state index contributed by atoms with van der Waals surface area (Å²) in [6.07, 6.45) is 3.47. The number of carbonyl (C=O) groups is 1. The van der Waals surface area contributed by atoms with Crippen LogP contribution >= 0.6 is 0 Å². The Hall–Kier alpha value is -0.570. The van der Waals surface area contributed by atoms with E-state index in [9.17, 15) is 4.79 Å². The smallest absolute Gasteiger partial charge is 0.224 e. The van der Waals surface area contributed by atoms with E-state index >= 15 is 0 Å². The highest BCUT2D eigenvalue weighted by Crippen LogP contribution is 2.36. The summed E-state index contributed by atoms with van der Waals surface area (Å²) >= 11 is 0. The van der Waals surface area contributed by atoms with Gasteiger partial charge in [0.1, 0.15) is 0 Å². The van der Waals surface area contributed by atoms with Crippen molar-refractivity contribution in [3.05, 3.63) is 0 Å². The summed E-state index contributed by atoms with van der Waals surface area (Å²) in [5, 5.41) is 6.37. The SMILES string of the molecule is CCNCC(C)C(=O)NC1CCC(C)(C)C1. The zero-order chi connectivity index (χ0) is 12.2. The Morgan fingerprint density at radius 3 is 2.69 bits per heavy atom. The summed E-state index contributed by atoms with van der Waals surface area (Å²) in [4.78, 5) is 11.9. The number of nitrogens with one attached hydrogen (secondary N) is 2. The molecule has 1 amide bonds. The van der Waals surface area contributed by atoms with E-state index in [1.54, 1.807) is 0 Å². The zero-order valence-electron chi connectivity index (χ0n) is 11.1. The minimum absolute atomic E-state index is 0.0728. The molecular formula is C13H26N2O. The molecule has 0 bridgehead atoms. The zero-order valence-corrected chi connectivity index (χ0v) is 11.1. The number of carbonyl (C=O) groups excluding carboxylic acids is 1. The van der Waals surface area contributed by atoms with Crippen LogP contribution in [0.3, 0.4) is 0 Å². The van der Waals surface area contributed by atoms with E-state index in [4.69, 9.17) is 0 Å². The summed E-state index contributed by atoms with van der Waals surface area (Å²) in [6.45, 7) is 10.3. The van der Waals surface area contributed by atoms with Gasteiger partial charge in [-0.3, -0.25) is 4.79 Å². The van der Waals surface area contributed by atoms with Gasteiger partial charge < -0.3 is 10.6 Å². The van der Waals surface area contributed by atoms with Crippen molar-refractivity contribution in [2.24, 2.45) is 11.3 Å². The highest BCUT2D eigenvalue weighted by molar-refractivity contribution is 5.78. The van der Waals surface area contributed by atoms with E-state index in [-0.39, 0.29) is 11.8 Å². The van der Waals surface area contributed by atoms with Gasteiger partial charge in [0.25, 0.3) is 0 Å². The maximum Gasteiger partial charge on any atom is 0.224 e. The van der Waals surface area contributed by atoms with Crippen LogP contribution in [0.15, 0.2) is 0 Å². The Labute approximate surface area is 99.4 Å². The third kappa shape index (κ3) is 4.12. The van der Waals surface area contributed by atoms with E-state index in [0.29, 0.717) is 11.5 Å². The van der Waals surface area contributed by atoms with Crippen LogP contribution in [0.4, 0.5) is 0 Å². The Balaban J connectivity index is 2.29. The highest BCUT2D eigenvalue weighted by atomic mass is 16.1. The first-order valence-corrected chi connectivity index (χ1v) is 6.45. The molecule has 3 nitrogen and oxygen atoms in total. The van der Waals surface area contributed by atoms with Crippen molar-refractivity contribution in [3.8, 4) is 0 Å². The number of hydrogen-bond donors (Lipinski definition) is 2. The van der Waals surface area contributed by atoms with Gasteiger partial charge in [-0.1, -0.05) is 27.7 Å². The van der Waals surface area contributed by atoms with Crippen LogP contribution in [-0.2, 0) is 4.79 Å². The molecule has 3 heteroatoms. The van der Waals surface area contributed by atoms with Crippen molar-refractivity contribution < 1.29 is 4.79 Å². The van der Waals surface area contributed by atoms with Crippen LogP contribution in [0, 0.1) is 11.3 Å². The largest absolute Gasteiger partial charge is 0.353 e. The summed E-state index contributed by atoms with van der Waals surface area (Å²) < 4.78 is 0. The van der Waals surface area contributed by atoms with E-state index in [1.807, 2.05) is 6.92 Å². The van der Waals surface area contributed by atoms with Gasteiger partial charge in [0, 0.05) is 18.5 Å². The van der Waals surface area contributed by atoms with Crippen LogP contribution in [-0.4, -0.2) is 25.0 Å². The second-order valence-corrected chi connectivity index (χ2v) is 5.82. The topological polar surface area (TPSA) is 41.1 Å². The summed E-state index contributed by atoms with van der Waals surface area (Å²) in [5.74, 6) is 0.271. The van der Waals surface area contributed by atoms with E-state index < -0.39 is 0 Å². The van der Waals surface area contributed by atoms with Crippen LogP contribution in [0.2, 0.25) is 0 Å². The van der Waals surface area contributed by atoms with Crippen molar-refractivity contribution >= 4 is 5.91 Å². The number of amides is 1. The van der Waals surface area contributed by atoms with Crippen LogP contribution in [0.1, 0.15) is 47.0 Å². The fourth-order valence-electron chi connectivity index (χ4n) is 2.36. The molecule has 0 radical (unpaired) electrons. The molecule has 1 aliphatic carbocycles. The molecule has 0 aromatic rings. The molecule has 1 rings (SSSR count). The first-order chi connectivity index (χ1) is 7.44. The first kappa shape index (κ1) is 13.5. The molecule has 1 saturated carbocycles. The lowest BCUT2D eigenvalue weighted by atomic mass is 9.92. The summed E-state index contributed by atoms with van der Waals surface area (Å²) in [7, 11) is 0. The molecule has 0 aromatic carbocycles. The van der Waals surface area contributed by atoms with Crippen LogP contribution < -0.4 is 10.6 Å². The molecule has 1 fully saturated rings. The molecule has 0 aliphatic heterocycles. The molecule has 0 aromatic heterocycles. The number of rotatable bonds is 5. The second kappa shape index (κ2) is 5.67. The molecule has 94 valence electrons. The van der Waals surface area contributed by atoms with Gasteiger partial charge in [0.15, 0.2) is 0 Å². The monoisotopic (exact) mass is 226 g/mol. The minimum atomic E-state index is 0.0728. The van der Waals surface area contributed by atoms with Gasteiger partial charge in [0.2, 0.25) is 5.91 Å². The molecule has 1 aliphatic rings. The average molecular weight is 226 g/mol. The normalized spacial score (nSPS) is 25.4. The minimum Gasteiger partial charge on any atom is -0.353 e. The Morgan fingerprint density at radius 1 is 1.50 bits per heavy atom. The van der Waals surface area contributed by atoms with Gasteiger partial charge in [-0.15, -0.1) is 0 Å². The van der Waals surface area contributed by atoms with Crippen molar-refractivity contribution in [2.45, 2.75) is 53.0 Å². The van der Waals surface area contributed by atoms with E-state index in [2.05, 4.69) is 31.4 Å². The second-order valence-electron chi connectivity index (χ2n) is 5.82. The van der Waals surface area contributed by atoms with Gasteiger partial charge >= 0.3 is 0 Å². The molecule has 0 heterocycles. The Bertz CT molecular complexity index is 238.